The van der Waals surface area contributed by atoms with E-state index in [1.807, 2.05) is 64.1 Å². The maximum Gasteiger partial charge on any atom is 0.488 e. The Labute approximate surface area is 218 Å². The molecule has 35 heavy (non-hydrogen) atoms. The number of nitrogens with one attached hydrogen (secondary N) is 1. The van der Waals surface area contributed by atoms with Crippen molar-refractivity contribution in [1.29, 1.82) is 0 Å². The minimum Gasteiger partial charge on any atom is -0.423 e. The summed E-state index contributed by atoms with van der Waals surface area (Å²) in [7, 11) is -1.87. The van der Waals surface area contributed by atoms with Crippen LogP contribution in [0.1, 0.15) is 58.7 Å². The van der Waals surface area contributed by atoms with Gasteiger partial charge in [0.2, 0.25) is 0 Å². The van der Waals surface area contributed by atoms with E-state index < -0.39 is 36.2 Å². The molecular formula is C26H27BFIN2O4. The molecule has 0 spiro atoms. The predicted octanol–water partition coefficient (Wildman–Crippen LogP) is 3.99. The summed E-state index contributed by atoms with van der Waals surface area (Å²) in [5, 5.41) is 19.8. The van der Waals surface area contributed by atoms with Gasteiger partial charge in [-0.1, -0.05) is 57.2 Å². The lowest BCUT2D eigenvalue weighted by Crippen LogP contribution is -2.52. The van der Waals surface area contributed by atoms with E-state index in [-0.39, 0.29) is 11.0 Å². The smallest absolute Gasteiger partial charge is 0.423 e. The van der Waals surface area contributed by atoms with E-state index in [0.717, 1.165) is 26.8 Å². The van der Waals surface area contributed by atoms with Crippen molar-refractivity contribution in [3.05, 3.63) is 98.4 Å². The number of hydrogen-bond acceptors (Lipinski definition) is 4. The zero-order valence-corrected chi connectivity index (χ0v) is 22.1. The molecule has 0 bridgehead atoms. The van der Waals surface area contributed by atoms with Crippen LogP contribution in [0.25, 0.3) is 0 Å². The average Bonchev–Trinajstić information content (AvgIpc) is 2.77. The lowest BCUT2D eigenvalue weighted by molar-refractivity contribution is 0.0287. The maximum atomic E-state index is 14.7. The van der Waals surface area contributed by atoms with Crippen molar-refractivity contribution in [3.8, 4) is 0 Å². The highest BCUT2D eigenvalue weighted by molar-refractivity contribution is 14.1. The minimum atomic E-state index is -1.87. The summed E-state index contributed by atoms with van der Waals surface area (Å²) >= 11 is 2.13. The Morgan fingerprint density at radius 3 is 2.23 bits per heavy atom. The number of halogens is 2. The van der Waals surface area contributed by atoms with Gasteiger partial charge in [-0.15, -0.1) is 0 Å². The van der Waals surface area contributed by atoms with Crippen molar-refractivity contribution in [2.45, 2.75) is 33.7 Å². The highest BCUT2D eigenvalue weighted by atomic mass is 127. The van der Waals surface area contributed by atoms with E-state index >= 15 is 0 Å². The van der Waals surface area contributed by atoms with Crippen LogP contribution in [0.3, 0.4) is 0 Å². The predicted molar refractivity (Wildman–Crippen MR) is 142 cm³/mol. The van der Waals surface area contributed by atoms with E-state index in [9.17, 15) is 24.0 Å². The summed E-state index contributed by atoms with van der Waals surface area (Å²) in [6.07, 6.45) is 0. The van der Waals surface area contributed by atoms with Crippen molar-refractivity contribution >= 4 is 47.0 Å². The third-order valence-corrected chi connectivity index (χ3v) is 6.08. The standard InChI is InChI=1S/C26H27BFIN2O4/c1-16-12-18(14-20(29)13-16)25(33)31(23(26(2,3)4)17-8-6-5-7-9-17)30-24(32)21-11-10-19(27(34)35)15-22(21)28/h5-15,23,34-35H,1-4H3,(H,30,32). The second-order valence-electron chi connectivity index (χ2n) is 9.43. The molecule has 0 saturated carbocycles. The zero-order valence-electron chi connectivity index (χ0n) is 19.9. The van der Waals surface area contributed by atoms with E-state index in [1.54, 1.807) is 12.1 Å². The molecule has 6 nitrogen and oxygen atoms in total. The van der Waals surface area contributed by atoms with Crippen LogP contribution < -0.4 is 10.9 Å². The van der Waals surface area contributed by atoms with Crippen LogP contribution in [-0.2, 0) is 0 Å². The molecule has 3 aromatic carbocycles. The number of carbonyl (C=O) groups is 2. The van der Waals surface area contributed by atoms with Crippen LogP contribution >= 0.6 is 22.6 Å². The number of hydrogen-bond donors (Lipinski definition) is 3. The first-order valence-corrected chi connectivity index (χ1v) is 12.1. The highest BCUT2D eigenvalue weighted by Crippen LogP contribution is 2.38. The van der Waals surface area contributed by atoms with Gasteiger partial charge in [0.15, 0.2) is 0 Å². The van der Waals surface area contributed by atoms with Gasteiger partial charge in [-0.3, -0.25) is 15.0 Å². The lowest BCUT2D eigenvalue weighted by Gasteiger charge is -2.40. The van der Waals surface area contributed by atoms with Gasteiger partial charge in [-0.2, -0.15) is 0 Å². The Balaban J connectivity index is 2.10. The van der Waals surface area contributed by atoms with Crippen LogP contribution in [-0.4, -0.2) is 34.0 Å². The van der Waals surface area contributed by atoms with Crippen LogP contribution in [0.15, 0.2) is 66.7 Å². The van der Waals surface area contributed by atoms with Crippen molar-refractivity contribution in [2.75, 3.05) is 0 Å². The maximum absolute atomic E-state index is 14.7. The molecule has 0 aliphatic carbocycles. The fraction of sp³-hybridized carbons (Fsp3) is 0.231. The molecule has 0 radical (unpaired) electrons. The van der Waals surface area contributed by atoms with E-state index in [4.69, 9.17) is 0 Å². The second kappa shape index (κ2) is 10.9. The first kappa shape index (κ1) is 26.8. The van der Waals surface area contributed by atoms with Crippen molar-refractivity contribution in [2.24, 2.45) is 5.41 Å². The zero-order chi connectivity index (χ0) is 25.9. The number of rotatable bonds is 5. The molecule has 0 saturated heterocycles. The quantitative estimate of drug-likeness (QED) is 0.239. The Bertz CT molecular complexity index is 1210. The van der Waals surface area contributed by atoms with Crippen LogP contribution in [0, 0.1) is 21.7 Å². The number of amides is 2. The highest BCUT2D eigenvalue weighted by Gasteiger charge is 2.37. The molecule has 0 fully saturated rings. The molecule has 3 N–H and O–H groups in total. The summed E-state index contributed by atoms with van der Waals surface area (Å²) < 4.78 is 15.6. The van der Waals surface area contributed by atoms with Crippen molar-refractivity contribution < 1.29 is 24.0 Å². The fourth-order valence-electron chi connectivity index (χ4n) is 3.95. The molecule has 9 heteroatoms. The minimum absolute atomic E-state index is 0.0850. The second-order valence-corrected chi connectivity index (χ2v) is 10.7. The van der Waals surface area contributed by atoms with Gasteiger partial charge in [-0.25, -0.2) is 9.40 Å². The molecule has 1 unspecified atom stereocenters. The molecule has 0 aliphatic heterocycles. The summed E-state index contributed by atoms with van der Waals surface area (Å²) in [5.74, 6) is -2.20. The average molecular weight is 588 g/mol. The van der Waals surface area contributed by atoms with E-state index in [1.165, 1.54) is 11.1 Å². The molecule has 1 atom stereocenters. The summed E-state index contributed by atoms with van der Waals surface area (Å²) in [4.78, 5) is 27.1. The first-order valence-electron chi connectivity index (χ1n) is 11.0. The number of carbonyl (C=O) groups excluding carboxylic acids is 2. The number of nitrogens with zero attached hydrogens (tertiary/aromatic N) is 1. The molecule has 3 aromatic rings. The Hall–Kier alpha value is -2.76. The number of benzene rings is 3. The molecule has 3 rings (SSSR count). The van der Waals surface area contributed by atoms with Gasteiger partial charge in [0.1, 0.15) is 5.82 Å². The SMILES string of the molecule is Cc1cc(I)cc(C(=O)N(NC(=O)c2ccc(B(O)O)cc2F)C(c2ccccc2)C(C)(C)C)c1. The van der Waals surface area contributed by atoms with Crippen LogP contribution in [0.5, 0.6) is 0 Å². The fourth-order valence-corrected chi connectivity index (χ4v) is 4.78. The number of aryl methyl sites for hydroxylation is 1. The number of hydrazine groups is 1. The first-order chi connectivity index (χ1) is 16.4. The molecule has 2 amide bonds. The normalized spacial score (nSPS) is 12.1. The van der Waals surface area contributed by atoms with Gasteiger partial charge in [0.05, 0.1) is 11.6 Å². The molecule has 0 aromatic heterocycles. The van der Waals surface area contributed by atoms with Crippen molar-refractivity contribution in [1.82, 2.24) is 10.4 Å². The topological polar surface area (TPSA) is 89.9 Å². The Kier molecular flexibility index (Phi) is 8.35. The van der Waals surface area contributed by atoms with E-state index in [0.29, 0.717) is 5.56 Å². The van der Waals surface area contributed by atoms with Gasteiger partial charge in [0.25, 0.3) is 11.8 Å². The van der Waals surface area contributed by atoms with E-state index in [2.05, 4.69) is 28.0 Å². The molecular weight excluding hydrogens is 561 g/mol. The van der Waals surface area contributed by atoms with Gasteiger partial charge in [-0.05, 0) is 81.9 Å². The molecule has 0 heterocycles. The molecule has 182 valence electrons. The monoisotopic (exact) mass is 588 g/mol. The summed E-state index contributed by atoms with van der Waals surface area (Å²) in [5.41, 5.74) is 3.80. The summed E-state index contributed by atoms with van der Waals surface area (Å²) in [6.45, 7) is 7.74. The molecule has 0 aliphatic rings. The summed E-state index contributed by atoms with van der Waals surface area (Å²) in [6, 6.07) is 17.4. The third kappa shape index (κ3) is 6.47. The Morgan fingerprint density at radius 2 is 1.69 bits per heavy atom. The third-order valence-electron chi connectivity index (χ3n) is 5.46. The Morgan fingerprint density at radius 1 is 1.03 bits per heavy atom. The van der Waals surface area contributed by atoms with Crippen LogP contribution in [0.4, 0.5) is 4.39 Å². The largest absolute Gasteiger partial charge is 0.488 e. The lowest BCUT2D eigenvalue weighted by atomic mass is 9.80. The van der Waals surface area contributed by atoms with Crippen LogP contribution in [0.2, 0.25) is 0 Å². The van der Waals surface area contributed by atoms with Gasteiger partial charge < -0.3 is 10.0 Å². The van der Waals surface area contributed by atoms with Gasteiger partial charge >= 0.3 is 7.12 Å². The van der Waals surface area contributed by atoms with Crippen molar-refractivity contribution in [3.63, 3.8) is 0 Å². The van der Waals surface area contributed by atoms with Gasteiger partial charge in [0, 0.05) is 9.13 Å².